The van der Waals surface area contributed by atoms with Gasteiger partial charge in [-0.2, -0.15) is 5.26 Å². The topological polar surface area (TPSA) is 73.5 Å². The minimum atomic E-state index is -0.619. The van der Waals surface area contributed by atoms with Gasteiger partial charge in [-0.1, -0.05) is 6.07 Å². The molecule has 2 N–H and O–H groups in total. The van der Waals surface area contributed by atoms with Crippen molar-refractivity contribution in [2.45, 2.75) is 6.61 Å². The molecule has 3 aromatic rings. The molecular weight excluding hydrogens is 297 g/mol. The van der Waals surface area contributed by atoms with Crippen molar-refractivity contribution < 1.29 is 19.3 Å². The maximum atomic E-state index is 14.2. The number of hydrogen-bond acceptors (Lipinski definition) is 4. The van der Waals surface area contributed by atoms with Gasteiger partial charge in [-0.15, -0.1) is 0 Å². The van der Waals surface area contributed by atoms with E-state index >= 15 is 0 Å². The van der Waals surface area contributed by atoms with Crippen LogP contribution in [0.25, 0.3) is 21.9 Å². The van der Waals surface area contributed by atoms with Crippen LogP contribution in [0.15, 0.2) is 36.4 Å². The van der Waals surface area contributed by atoms with E-state index in [4.69, 9.17) is 4.74 Å². The Morgan fingerprint density at radius 3 is 2.70 bits per heavy atom. The summed E-state index contributed by atoms with van der Waals surface area (Å²) in [4.78, 5) is 0. The van der Waals surface area contributed by atoms with Crippen molar-refractivity contribution in [3.8, 4) is 34.4 Å². The van der Waals surface area contributed by atoms with E-state index < -0.39 is 5.82 Å². The Morgan fingerprint density at radius 1 is 1.09 bits per heavy atom. The lowest BCUT2D eigenvalue weighted by atomic mass is 9.89. The highest BCUT2D eigenvalue weighted by Crippen LogP contribution is 2.48. The summed E-state index contributed by atoms with van der Waals surface area (Å²) in [6.45, 7) is 0.269. The molecule has 1 aliphatic heterocycles. The van der Waals surface area contributed by atoms with Crippen LogP contribution < -0.4 is 4.74 Å². The third-order valence-electron chi connectivity index (χ3n) is 4.04. The molecule has 0 radical (unpaired) electrons. The molecule has 0 spiro atoms. The molecule has 1 aliphatic rings. The molecule has 0 amide bonds. The van der Waals surface area contributed by atoms with Gasteiger partial charge >= 0.3 is 0 Å². The van der Waals surface area contributed by atoms with Gasteiger partial charge < -0.3 is 14.9 Å². The summed E-state index contributed by atoms with van der Waals surface area (Å²) in [6, 6.07) is 10.7. The van der Waals surface area contributed by atoms with E-state index in [0.717, 1.165) is 11.6 Å². The van der Waals surface area contributed by atoms with Crippen LogP contribution in [0.5, 0.6) is 17.2 Å². The van der Waals surface area contributed by atoms with Gasteiger partial charge in [0, 0.05) is 17.0 Å². The quantitative estimate of drug-likeness (QED) is 0.662. The van der Waals surface area contributed by atoms with Gasteiger partial charge in [-0.05, 0) is 35.4 Å². The summed E-state index contributed by atoms with van der Waals surface area (Å²) in [5.41, 5.74) is 2.22. The van der Waals surface area contributed by atoms with E-state index in [1.807, 2.05) is 6.07 Å². The summed E-state index contributed by atoms with van der Waals surface area (Å²) >= 11 is 0. The van der Waals surface area contributed by atoms with Crippen LogP contribution in [0.1, 0.15) is 11.1 Å². The first kappa shape index (κ1) is 13.4. The summed E-state index contributed by atoms with van der Waals surface area (Å²) < 4.78 is 19.9. The molecule has 1 heterocycles. The third-order valence-corrected chi connectivity index (χ3v) is 4.04. The van der Waals surface area contributed by atoms with Gasteiger partial charge in [0.2, 0.25) is 0 Å². The van der Waals surface area contributed by atoms with Crippen molar-refractivity contribution in [2.24, 2.45) is 0 Å². The number of phenols is 2. The van der Waals surface area contributed by atoms with Gasteiger partial charge in [-0.3, -0.25) is 0 Å². The first-order chi connectivity index (χ1) is 11.1. The Kier molecular flexibility index (Phi) is 2.69. The van der Waals surface area contributed by atoms with Crippen molar-refractivity contribution in [2.75, 3.05) is 0 Å². The molecule has 0 bridgehead atoms. The monoisotopic (exact) mass is 307 g/mol. The molecule has 4 nitrogen and oxygen atoms in total. The van der Waals surface area contributed by atoms with Crippen molar-refractivity contribution in [1.82, 2.24) is 0 Å². The second-order valence-corrected chi connectivity index (χ2v) is 5.36. The van der Waals surface area contributed by atoms with Crippen LogP contribution in [-0.2, 0) is 6.61 Å². The fourth-order valence-electron chi connectivity index (χ4n) is 3.03. The van der Waals surface area contributed by atoms with Crippen LogP contribution in [0.2, 0.25) is 0 Å². The van der Waals surface area contributed by atoms with Gasteiger partial charge in [0.15, 0.2) is 0 Å². The fourth-order valence-corrected chi connectivity index (χ4v) is 3.03. The Hall–Kier alpha value is -3.26. The minimum Gasteiger partial charge on any atom is -0.508 e. The summed E-state index contributed by atoms with van der Waals surface area (Å²) in [5.74, 6) is -0.480. The first-order valence-corrected chi connectivity index (χ1v) is 6.93. The van der Waals surface area contributed by atoms with E-state index in [9.17, 15) is 19.9 Å². The highest BCUT2D eigenvalue weighted by atomic mass is 19.1. The van der Waals surface area contributed by atoms with Gasteiger partial charge in [0.05, 0.1) is 17.0 Å². The Morgan fingerprint density at radius 2 is 1.91 bits per heavy atom. The Bertz CT molecular complexity index is 1020. The maximum absolute atomic E-state index is 14.2. The molecule has 0 fully saturated rings. The molecule has 0 saturated carbocycles. The first-order valence-electron chi connectivity index (χ1n) is 6.93. The molecule has 3 aromatic carbocycles. The lowest BCUT2D eigenvalue weighted by Gasteiger charge is -2.23. The largest absolute Gasteiger partial charge is 0.508 e. The third kappa shape index (κ3) is 1.82. The number of benzene rings is 3. The van der Waals surface area contributed by atoms with Gasteiger partial charge in [0.25, 0.3) is 0 Å². The highest BCUT2D eigenvalue weighted by molar-refractivity contribution is 6.07. The second kappa shape index (κ2) is 4.62. The van der Waals surface area contributed by atoms with E-state index in [1.165, 1.54) is 12.1 Å². The lowest BCUT2D eigenvalue weighted by Crippen LogP contribution is -2.06. The predicted molar refractivity (Wildman–Crippen MR) is 81.7 cm³/mol. The standard InChI is InChI=1S/C18H10FNO3/c19-13-4-2-9(7-20)16-17-12-5-11(21)3-1-10(12)8-23-15(17)6-14(22)18(13)16/h1-6,21-22H,8H2. The number of rotatable bonds is 0. The van der Waals surface area contributed by atoms with Crippen molar-refractivity contribution >= 4 is 10.8 Å². The molecule has 0 saturated heterocycles. The molecule has 112 valence electrons. The zero-order valence-corrected chi connectivity index (χ0v) is 11.8. The van der Waals surface area contributed by atoms with Crippen LogP contribution in [-0.4, -0.2) is 10.2 Å². The number of ether oxygens (including phenoxy) is 1. The fraction of sp³-hybridized carbons (Fsp3) is 0.0556. The maximum Gasteiger partial charge on any atom is 0.134 e. The zero-order chi connectivity index (χ0) is 16.1. The number of hydrogen-bond donors (Lipinski definition) is 2. The van der Waals surface area contributed by atoms with Crippen LogP contribution in [0.3, 0.4) is 0 Å². The van der Waals surface area contributed by atoms with Gasteiger partial charge in [-0.25, -0.2) is 4.39 Å². The van der Waals surface area contributed by atoms with E-state index in [-0.39, 0.29) is 34.4 Å². The average Bonchev–Trinajstić information content (AvgIpc) is 2.54. The van der Waals surface area contributed by atoms with Crippen LogP contribution in [0, 0.1) is 17.1 Å². The Labute approximate surface area is 130 Å². The number of phenolic OH excluding ortho intramolecular Hbond substituents is 2. The number of fused-ring (bicyclic) bond motifs is 5. The molecule has 4 rings (SSSR count). The predicted octanol–water partition coefficient (Wildman–Crippen LogP) is 3.82. The van der Waals surface area contributed by atoms with Crippen molar-refractivity contribution in [3.05, 3.63) is 53.3 Å². The van der Waals surface area contributed by atoms with E-state index in [2.05, 4.69) is 0 Å². The Balaban J connectivity index is 2.25. The summed E-state index contributed by atoms with van der Waals surface area (Å²) in [7, 11) is 0. The molecular formula is C18H10FNO3. The average molecular weight is 307 g/mol. The number of nitrogens with zero attached hydrogens (tertiary/aromatic N) is 1. The molecule has 23 heavy (non-hydrogen) atoms. The molecule has 0 unspecified atom stereocenters. The SMILES string of the molecule is N#Cc1ccc(F)c2c(O)cc3c(c12)-c1cc(O)ccc1CO3. The molecule has 0 atom stereocenters. The van der Waals surface area contributed by atoms with Crippen molar-refractivity contribution in [1.29, 1.82) is 5.26 Å². The molecule has 0 aliphatic carbocycles. The lowest BCUT2D eigenvalue weighted by molar-refractivity contribution is 0.301. The summed E-state index contributed by atoms with van der Waals surface area (Å²) in [6.07, 6.45) is 0. The second-order valence-electron chi connectivity index (χ2n) is 5.36. The summed E-state index contributed by atoms with van der Waals surface area (Å²) in [5, 5.41) is 29.6. The minimum absolute atomic E-state index is 0.0254. The highest BCUT2D eigenvalue weighted by Gasteiger charge is 2.25. The number of halogens is 1. The molecule has 5 heteroatoms. The van der Waals surface area contributed by atoms with Crippen LogP contribution >= 0.6 is 0 Å². The van der Waals surface area contributed by atoms with E-state index in [1.54, 1.807) is 18.2 Å². The van der Waals surface area contributed by atoms with E-state index in [0.29, 0.717) is 16.9 Å². The number of aromatic hydroxyl groups is 2. The molecule has 0 aromatic heterocycles. The number of nitriles is 1. The van der Waals surface area contributed by atoms with Gasteiger partial charge in [0.1, 0.15) is 29.7 Å². The normalized spacial score (nSPS) is 12.2. The van der Waals surface area contributed by atoms with Crippen molar-refractivity contribution in [3.63, 3.8) is 0 Å². The smallest absolute Gasteiger partial charge is 0.134 e. The zero-order valence-electron chi connectivity index (χ0n) is 11.8. The van der Waals surface area contributed by atoms with Crippen LogP contribution in [0.4, 0.5) is 4.39 Å².